The van der Waals surface area contributed by atoms with Gasteiger partial charge in [0.2, 0.25) is 0 Å². The van der Waals surface area contributed by atoms with E-state index in [1.54, 1.807) is 47.1 Å². The van der Waals surface area contributed by atoms with Gasteiger partial charge in [-0.2, -0.15) is 5.10 Å². The fraction of sp³-hybridized carbons (Fsp3) is 0.360. The van der Waals surface area contributed by atoms with Crippen LogP contribution in [0.4, 0.5) is 8.78 Å². The SMILES string of the molecule is CCc1c(C(=O)N(C)CCCC2CC(c3ccc(F)cc3)NN2)cnn1-c1ccc(F)cc1. The highest BCUT2D eigenvalue weighted by Gasteiger charge is 2.25. The molecular weight excluding hydrogens is 424 g/mol. The lowest BCUT2D eigenvalue weighted by Gasteiger charge is -2.18. The molecule has 1 aliphatic rings. The van der Waals surface area contributed by atoms with E-state index in [4.69, 9.17) is 0 Å². The lowest BCUT2D eigenvalue weighted by molar-refractivity contribution is 0.0790. The minimum absolute atomic E-state index is 0.0677. The molecule has 0 saturated carbocycles. The van der Waals surface area contributed by atoms with Crippen LogP contribution in [0.1, 0.15) is 53.8 Å². The van der Waals surface area contributed by atoms with E-state index in [1.807, 2.05) is 6.92 Å². The van der Waals surface area contributed by atoms with E-state index in [9.17, 15) is 13.6 Å². The van der Waals surface area contributed by atoms with Gasteiger partial charge in [-0.3, -0.25) is 15.6 Å². The van der Waals surface area contributed by atoms with Gasteiger partial charge in [-0.1, -0.05) is 19.1 Å². The summed E-state index contributed by atoms with van der Waals surface area (Å²) < 4.78 is 28.1. The number of aromatic nitrogens is 2. The van der Waals surface area contributed by atoms with Crippen LogP contribution in [0.15, 0.2) is 54.7 Å². The molecule has 2 atom stereocenters. The molecule has 8 heteroatoms. The van der Waals surface area contributed by atoms with Crippen molar-refractivity contribution >= 4 is 5.91 Å². The van der Waals surface area contributed by atoms with Gasteiger partial charge >= 0.3 is 0 Å². The number of nitrogens with one attached hydrogen (secondary N) is 2. The minimum atomic E-state index is -0.309. The number of carbonyl (C=O) groups excluding carboxylic acids is 1. The summed E-state index contributed by atoms with van der Waals surface area (Å²) in [5, 5.41) is 4.38. The van der Waals surface area contributed by atoms with Gasteiger partial charge in [0.1, 0.15) is 11.6 Å². The summed E-state index contributed by atoms with van der Waals surface area (Å²) in [7, 11) is 1.80. The summed E-state index contributed by atoms with van der Waals surface area (Å²) in [4.78, 5) is 14.8. The molecule has 4 rings (SSSR count). The molecule has 3 aromatic rings. The highest BCUT2D eigenvalue weighted by molar-refractivity contribution is 5.95. The topological polar surface area (TPSA) is 62.2 Å². The van der Waals surface area contributed by atoms with E-state index >= 15 is 0 Å². The van der Waals surface area contributed by atoms with Crippen LogP contribution < -0.4 is 10.9 Å². The fourth-order valence-corrected chi connectivity index (χ4v) is 4.30. The maximum absolute atomic E-state index is 13.3. The second-order valence-electron chi connectivity index (χ2n) is 8.44. The van der Waals surface area contributed by atoms with E-state index in [0.29, 0.717) is 18.5 Å². The number of hydrogen-bond donors (Lipinski definition) is 2. The zero-order valence-corrected chi connectivity index (χ0v) is 18.9. The van der Waals surface area contributed by atoms with Crippen LogP contribution >= 0.6 is 0 Å². The molecule has 1 amide bonds. The molecule has 0 spiro atoms. The van der Waals surface area contributed by atoms with Gasteiger partial charge in [-0.25, -0.2) is 13.5 Å². The maximum atomic E-state index is 13.3. The normalized spacial score (nSPS) is 17.9. The van der Waals surface area contributed by atoms with Crippen LogP contribution in [-0.4, -0.2) is 40.2 Å². The number of amides is 1. The van der Waals surface area contributed by atoms with Gasteiger partial charge in [0.15, 0.2) is 0 Å². The third-order valence-corrected chi connectivity index (χ3v) is 6.15. The first kappa shape index (κ1) is 23.1. The van der Waals surface area contributed by atoms with Crippen molar-refractivity contribution in [2.45, 2.75) is 44.7 Å². The molecule has 0 radical (unpaired) electrons. The van der Waals surface area contributed by atoms with Gasteiger partial charge < -0.3 is 4.90 Å². The van der Waals surface area contributed by atoms with Crippen LogP contribution in [0.25, 0.3) is 5.69 Å². The highest BCUT2D eigenvalue weighted by atomic mass is 19.1. The molecule has 1 aliphatic heterocycles. The van der Waals surface area contributed by atoms with Crippen LogP contribution in [-0.2, 0) is 6.42 Å². The number of nitrogens with zero attached hydrogens (tertiary/aromatic N) is 3. The molecule has 174 valence electrons. The maximum Gasteiger partial charge on any atom is 0.257 e. The molecule has 33 heavy (non-hydrogen) atoms. The Labute approximate surface area is 192 Å². The first-order valence-electron chi connectivity index (χ1n) is 11.3. The van der Waals surface area contributed by atoms with E-state index < -0.39 is 0 Å². The average molecular weight is 454 g/mol. The van der Waals surface area contributed by atoms with Crippen LogP contribution in [0.2, 0.25) is 0 Å². The molecule has 0 aliphatic carbocycles. The number of hydrazine groups is 1. The van der Waals surface area contributed by atoms with Crippen LogP contribution in [0.5, 0.6) is 0 Å². The Kier molecular flexibility index (Phi) is 7.15. The Morgan fingerprint density at radius 2 is 1.76 bits per heavy atom. The molecule has 1 saturated heterocycles. The summed E-state index contributed by atoms with van der Waals surface area (Å²) >= 11 is 0. The Bertz CT molecular complexity index is 1080. The van der Waals surface area contributed by atoms with Crippen molar-refractivity contribution in [3.63, 3.8) is 0 Å². The molecule has 1 aromatic heterocycles. The zero-order valence-electron chi connectivity index (χ0n) is 18.9. The molecular formula is C25H29F2N5O. The number of carbonyl (C=O) groups is 1. The van der Waals surface area contributed by atoms with Crippen molar-refractivity contribution in [2.75, 3.05) is 13.6 Å². The molecule has 1 fully saturated rings. The molecule has 2 N–H and O–H groups in total. The first-order chi connectivity index (χ1) is 16.0. The number of rotatable bonds is 8. The van der Waals surface area contributed by atoms with E-state index in [-0.39, 0.29) is 29.6 Å². The van der Waals surface area contributed by atoms with Gasteiger partial charge in [0.05, 0.1) is 23.1 Å². The Morgan fingerprint density at radius 3 is 2.42 bits per heavy atom. The first-order valence-corrected chi connectivity index (χ1v) is 11.3. The summed E-state index contributed by atoms with van der Waals surface area (Å²) in [6.45, 7) is 2.60. The lowest BCUT2D eigenvalue weighted by Crippen LogP contribution is -2.32. The van der Waals surface area contributed by atoms with Crippen LogP contribution in [0.3, 0.4) is 0 Å². The molecule has 2 aromatic carbocycles. The van der Waals surface area contributed by atoms with Crippen molar-refractivity contribution in [2.24, 2.45) is 0 Å². The summed E-state index contributed by atoms with van der Waals surface area (Å²) in [5.41, 5.74) is 9.75. The van der Waals surface area contributed by atoms with Crippen molar-refractivity contribution in [1.29, 1.82) is 0 Å². The Morgan fingerprint density at radius 1 is 1.09 bits per heavy atom. The monoisotopic (exact) mass is 453 g/mol. The standard InChI is InChI=1S/C25H29F2N5O/c1-3-24-22(16-28-32(24)21-12-10-19(27)11-13-21)25(33)31(2)14-4-5-20-15-23(30-29-20)17-6-8-18(26)9-7-17/h6-13,16,20,23,29-30H,3-5,14-15H2,1-2H3. The van der Waals surface area contributed by atoms with Crippen molar-refractivity contribution in [3.05, 3.63) is 83.2 Å². The minimum Gasteiger partial charge on any atom is -0.342 e. The quantitative estimate of drug-likeness (QED) is 0.537. The average Bonchev–Trinajstić information content (AvgIpc) is 3.47. The van der Waals surface area contributed by atoms with Crippen molar-refractivity contribution in [3.8, 4) is 5.69 Å². The van der Waals surface area contributed by atoms with Gasteiger partial charge in [-0.15, -0.1) is 0 Å². The molecule has 0 bridgehead atoms. The molecule has 6 nitrogen and oxygen atoms in total. The van der Waals surface area contributed by atoms with Gasteiger partial charge in [-0.05, 0) is 67.6 Å². The Balaban J connectivity index is 1.31. The number of hydrogen-bond acceptors (Lipinski definition) is 4. The summed E-state index contributed by atoms with van der Waals surface area (Å²) in [6.07, 6.45) is 4.91. The second kappa shape index (κ2) is 10.2. The lowest BCUT2D eigenvalue weighted by atomic mass is 9.99. The van der Waals surface area contributed by atoms with E-state index in [2.05, 4.69) is 16.0 Å². The van der Waals surface area contributed by atoms with Crippen molar-refractivity contribution in [1.82, 2.24) is 25.5 Å². The smallest absolute Gasteiger partial charge is 0.257 e. The zero-order chi connectivity index (χ0) is 23.4. The predicted molar refractivity (Wildman–Crippen MR) is 123 cm³/mol. The highest BCUT2D eigenvalue weighted by Crippen LogP contribution is 2.24. The van der Waals surface area contributed by atoms with Gasteiger partial charge in [0.25, 0.3) is 5.91 Å². The molecule has 2 heterocycles. The largest absolute Gasteiger partial charge is 0.342 e. The summed E-state index contributed by atoms with van der Waals surface area (Å²) in [6, 6.07) is 13.1. The summed E-state index contributed by atoms with van der Waals surface area (Å²) in [5.74, 6) is -0.610. The third-order valence-electron chi connectivity index (χ3n) is 6.15. The molecule has 2 unspecified atom stereocenters. The second-order valence-corrected chi connectivity index (χ2v) is 8.44. The van der Waals surface area contributed by atoms with Gasteiger partial charge in [0, 0.05) is 25.7 Å². The number of halogens is 2. The fourth-order valence-electron chi connectivity index (χ4n) is 4.30. The third kappa shape index (κ3) is 5.29. The van der Waals surface area contributed by atoms with Crippen molar-refractivity contribution < 1.29 is 13.6 Å². The van der Waals surface area contributed by atoms with E-state index in [1.165, 1.54) is 24.3 Å². The number of benzene rings is 2. The predicted octanol–water partition coefficient (Wildman–Crippen LogP) is 4.17. The van der Waals surface area contributed by atoms with Crippen LogP contribution in [0, 0.1) is 11.6 Å². The Hall–Kier alpha value is -3.10. The van der Waals surface area contributed by atoms with E-state index in [0.717, 1.165) is 36.2 Å².